The number of ether oxygens (including phenoxy) is 1. The molecule has 2 amide bonds. The molecule has 2 aromatic rings. The van der Waals surface area contributed by atoms with Gasteiger partial charge in [-0.25, -0.2) is 0 Å². The number of aromatic hydroxyl groups is 1. The second kappa shape index (κ2) is 9.20. The molecular formula is C32H24N2O8. The number of phenolic OH excluding ortho intramolecular Hbond substituents is 1. The Kier molecular flexibility index (Phi) is 5.66. The quantitative estimate of drug-likeness (QED) is 0.191. The van der Waals surface area contributed by atoms with Crippen molar-refractivity contribution in [1.29, 1.82) is 0 Å². The third kappa shape index (κ3) is 3.71. The predicted octanol–water partition coefficient (Wildman–Crippen LogP) is 4.29. The summed E-state index contributed by atoms with van der Waals surface area (Å²) in [6.07, 6.45) is 5.63. The van der Waals surface area contributed by atoms with Gasteiger partial charge in [-0.05, 0) is 67.7 Å². The van der Waals surface area contributed by atoms with E-state index in [0.717, 1.165) is 16.0 Å². The molecule has 7 rings (SSSR count). The number of phenols is 1. The Morgan fingerprint density at radius 3 is 2.52 bits per heavy atom. The van der Waals surface area contributed by atoms with Crippen molar-refractivity contribution in [2.24, 2.45) is 23.7 Å². The first-order chi connectivity index (χ1) is 20.1. The maximum Gasteiger partial charge on any atom is 0.269 e. The first kappa shape index (κ1) is 25.8. The lowest BCUT2D eigenvalue weighted by molar-refractivity contribution is -0.384. The van der Waals surface area contributed by atoms with Gasteiger partial charge in [0.25, 0.3) is 5.69 Å². The number of hydrogen-bond acceptors (Lipinski definition) is 8. The van der Waals surface area contributed by atoms with Crippen LogP contribution in [-0.4, -0.2) is 33.4 Å². The van der Waals surface area contributed by atoms with E-state index in [4.69, 9.17) is 4.74 Å². The van der Waals surface area contributed by atoms with E-state index >= 15 is 0 Å². The highest BCUT2D eigenvalue weighted by molar-refractivity contribution is 6.24. The smallest absolute Gasteiger partial charge is 0.269 e. The maximum atomic E-state index is 14.0. The Hall–Kier alpha value is -5.12. The minimum absolute atomic E-state index is 0.0728. The molecule has 2 aromatic carbocycles. The van der Waals surface area contributed by atoms with Crippen LogP contribution < -0.4 is 9.64 Å². The van der Waals surface area contributed by atoms with Crippen LogP contribution in [0.5, 0.6) is 11.5 Å². The molecule has 10 nitrogen and oxygen atoms in total. The molecule has 10 heteroatoms. The number of Topliss-reactive ketones (excluding diaryl/α,β-unsaturated/α-hetero) is 1. The molecule has 1 saturated heterocycles. The van der Waals surface area contributed by atoms with Crippen LogP contribution >= 0.6 is 0 Å². The molecule has 0 bridgehead atoms. The van der Waals surface area contributed by atoms with Gasteiger partial charge in [0.15, 0.2) is 11.6 Å². The normalized spacial score (nSPS) is 26.4. The third-order valence-electron chi connectivity index (χ3n) is 9.03. The standard InChI is InChI=1S/C32H24N2O8/c1-15-10-25(36)29-24(30(15)37)13-23-21(27(29)17-11-16-12-20(35)6-9-26(16)42-14-17)7-8-22-28(23)32(39)33(31(22)38)18-2-4-19(5-3-18)34(40)41/h2-7,9-10,12,14,22-23,27-28,35H,8,11,13H2,1H3/t22-,23+,27-,28-/m0/s1. The second-order valence-electron chi connectivity index (χ2n) is 11.3. The van der Waals surface area contributed by atoms with Gasteiger partial charge in [-0.2, -0.15) is 0 Å². The summed E-state index contributed by atoms with van der Waals surface area (Å²) in [4.78, 5) is 66.2. The van der Waals surface area contributed by atoms with E-state index in [-0.39, 0.29) is 41.5 Å². The van der Waals surface area contributed by atoms with Crippen LogP contribution in [0.1, 0.15) is 25.3 Å². The molecule has 0 saturated carbocycles. The topological polar surface area (TPSA) is 144 Å². The van der Waals surface area contributed by atoms with Gasteiger partial charge >= 0.3 is 0 Å². The summed E-state index contributed by atoms with van der Waals surface area (Å²) in [6, 6.07) is 10.1. The zero-order valence-corrected chi connectivity index (χ0v) is 22.4. The molecule has 3 aliphatic carbocycles. The molecule has 210 valence electrons. The molecular weight excluding hydrogens is 540 g/mol. The number of carbonyl (C=O) groups is 4. The second-order valence-corrected chi connectivity index (χ2v) is 11.3. The largest absolute Gasteiger partial charge is 0.508 e. The van der Waals surface area contributed by atoms with Crippen LogP contribution in [0.3, 0.4) is 0 Å². The number of rotatable bonds is 3. The minimum atomic E-state index is -0.764. The van der Waals surface area contributed by atoms with Crippen LogP contribution in [0.2, 0.25) is 0 Å². The summed E-state index contributed by atoms with van der Waals surface area (Å²) in [5, 5.41) is 21.2. The molecule has 2 heterocycles. The number of amides is 2. The van der Waals surface area contributed by atoms with E-state index in [1.165, 1.54) is 36.4 Å². The zero-order valence-electron chi connectivity index (χ0n) is 22.4. The van der Waals surface area contributed by atoms with Crippen molar-refractivity contribution in [1.82, 2.24) is 0 Å². The van der Waals surface area contributed by atoms with Crippen LogP contribution in [0.4, 0.5) is 11.4 Å². The molecule has 42 heavy (non-hydrogen) atoms. The Bertz CT molecular complexity index is 1780. The lowest BCUT2D eigenvalue weighted by Crippen LogP contribution is -2.41. The number of fused-ring (bicyclic) bond motifs is 4. The van der Waals surface area contributed by atoms with Crippen LogP contribution in [-0.2, 0) is 25.6 Å². The molecule has 0 aromatic heterocycles. The Labute approximate surface area is 239 Å². The highest BCUT2D eigenvalue weighted by atomic mass is 16.6. The Morgan fingerprint density at radius 1 is 1.02 bits per heavy atom. The fraction of sp³-hybridized carbons (Fsp3) is 0.250. The van der Waals surface area contributed by atoms with Crippen molar-refractivity contribution in [3.63, 3.8) is 0 Å². The summed E-state index contributed by atoms with van der Waals surface area (Å²) < 4.78 is 5.90. The highest BCUT2D eigenvalue weighted by Crippen LogP contribution is 2.55. The number of anilines is 1. The van der Waals surface area contributed by atoms with Gasteiger partial charge in [-0.15, -0.1) is 0 Å². The Balaban J connectivity index is 1.31. The molecule has 2 aliphatic heterocycles. The van der Waals surface area contributed by atoms with Crippen molar-refractivity contribution in [2.45, 2.75) is 26.2 Å². The first-order valence-corrected chi connectivity index (χ1v) is 13.6. The van der Waals surface area contributed by atoms with Gasteiger partial charge < -0.3 is 9.84 Å². The summed E-state index contributed by atoms with van der Waals surface area (Å²) in [7, 11) is 0. The van der Waals surface area contributed by atoms with Gasteiger partial charge in [0.1, 0.15) is 11.5 Å². The van der Waals surface area contributed by atoms with E-state index in [1.54, 1.807) is 25.3 Å². The molecule has 0 unspecified atom stereocenters. The SMILES string of the molecule is CC1=CC(=O)C2=C(C[C@@H]3C(=CC[C@@H]4C(=O)N(c5ccc([N+](=O)[O-])cc5)C(=O)[C@@H]43)[C@@H]2C2=COc3ccc(O)cc3C2)C1=O. The predicted molar refractivity (Wildman–Crippen MR) is 148 cm³/mol. The first-order valence-electron chi connectivity index (χ1n) is 13.6. The van der Waals surface area contributed by atoms with Crippen molar-refractivity contribution >= 4 is 34.8 Å². The number of allylic oxidation sites excluding steroid dienone is 7. The van der Waals surface area contributed by atoms with Crippen LogP contribution in [0.15, 0.2) is 88.7 Å². The van der Waals surface area contributed by atoms with Gasteiger partial charge in [0, 0.05) is 46.8 Å². The molecule has 4 atom stereocenters. The minimum Gasteiger partial charge on any atom is -0.508 e. The molecule has 1 N–H and O–H groups in total. The maximum absolute atomic E-state index is 14.0. The number of ketones is 2. The number of non-ortho nitro benzene ring substituents is 1. The zero-order chi connectivity index (χ0) is 29.4. The fourth-order valence-corrected chi connectivity index (χ4v) is 7.17. The summed E-state index contributed by atoms with van der Waals surface area (Å²) in [5.41, 5.74) is 3.38. The van der Waals surface area contributed by atoms with Gasteiger partial charge in [-0.1, -0.05) is 11.6 Å². The average Bonchev–Trinajstić information content (AvgIpc) is 3.23. The van der Waals surface area contributed by atoms with Gasteiger partial charge in [-0.3, -0.25) is 34.2 Å². The molecule has 1 fully saturated rings. The van der Waals surface area contributed by atoms with Crippen molar-refractivity contribution < 1.29 is 33.9 Å². The monoisotopic (exact) mass is 564 g/mol. The molecule has 0 spiro atoms. The summed E-state index contributed by atoms with van der Waals surface area (Å²) in [5.74, 6) is -3.26. The van der Waals surface area contributed by atoms with Crippen molar-refractivity contribution in [2.75, 3.05) is 4.90 Å². The number of imide groups is 1. The number of carbonyl (C=O) groups excluding carboxylic acids is 4. The highest BCUT2D eigenvalue weighted by Gasteiger charge is 2.57. The number of nitro benzene ring substituents is 1. The van der Waals surface area contributed by atoms with E-state index in [9.17, 15) is 34.4 Å². The summed E-state index contributed by atoms with van der Waals surface area (Å²) in [6.45, 7) is 1.59. The van der Waals surface area contributed by atoms with Gasteiger partial charge in [0.2, 0.25) is 11.8 Å². The Morgan fingerprint density at radius 2 is 1.79 bits per heavy atom. The lowest BCUT2D eigenvalue weighted by atomic mass is 9.58. The van der Waals surface area contributed by atoms with Crippen LogP contribution in [0.25, 0.3) is 0 Å². The third-order valence-corrected chi connectivity index (χ3v) is 9.03. The lowest BCUT2D eigenvalue weighted by Gasteiger charge is -2.43. The average molecular weight is 565 g/mol. The van der Waals surface area contributed by atoms with E-state index in [0.29, 0.717) is 34.5 Å². The van der Waals surface area contributed by atoms with Crippen LogP contribution in [0, 0.1) is 33.8 Å². The fourth-order valence-electron chi connectivity index (χ4n) is 7.17. The molecule has 0 radical (unpaired) electrons. The van der Waals surface area contributed by atoms with Crippen molar-refractivity contribution in [3.05, 3.63) is 104 Å². The van der Waals surface area contributed by atoms with Crippen molar-refractivity contribution in [3.8, 4) is 11.5 Å². The number of benzene rings is 2. The number of nitro groups is 1. The number of hydrogen-bond donors (Lipinski definition) is 1. The molecule has 5 aliphatic rings. The van der Waals surface area contributed by atoms with E-state index in [1.807, 2.05) is 6.08 Å². The number of nitrogens with zero attached hydrogens (tertiary/aromatic N) is 2. The summed E-state index contributed by atoms with van der Waals surface area (Å²) >= 11 is 0. The van der Waals surface area contributed by atoms with Gasteiger partial charge in [0.05, 0.1) is 28.7 Å². The van der Waals surface area contributed by atoms with E-state index < -0.39 is 40.4 Å². The van der Waals surface area contributed by atoms with E-state index in [2.05, 4.69) is 0 Å².